The Morgan fingerprint density at radius 2 is 2.31 bits per heavy atom. The zero-order valence-electron chi connectivity index (χ0n) is 8.55. The summed E-state index contributed by atoms with van der Waals surface area (Å²) >= 11 is 0. The maximum atomic E-state index is 5.28. The third-order valence-electron chi connectivity index (χ3n) is 2.30. The van der Waals surface area contributed by atoms with Crippen LogP contribution in [0.5, 0.6) is 0 Å². The molecule has 0 aliphatic heterocycles. The highest BCUT2D eigenvalue weighted by molar-refractivity contribution is 4.98. The summed E-state index contributed by atoms with van der Waals surface area (Å²) in [5, 5.41) is 3.45. The number of hydrogen-bond donors (Lipinski definition) is 1. The monoisotopic (exact) mass is 181 g/mol. The minimum atomic E-state index is 0.634. The van der Waals surface area contributed by atoms with E-state index in [4.69, 9.17) is 4.42 Å². The number of furan rings is 1. The second kappa shape index (κ2) is 5.81. The van der Waals surface area contributed by atoms with Crippen LogP contribution in [0.2, 0.25) is 0 Å². The Labute approximate surface area is 80.3 Å². The highest BCUT2D eigenvalue weighted by atomic mass is 16.3. The normalized spacial score (nSPS) is 13.1. The van der Waals surface area contributed by atoms with Gasteiger partial charge < -0.3 is 9.73 Å². The molecule has 1 unspecified atom stereocenters. The number of aryl methyl sites for hydroxylation is 1. The zero-order valence-corrected chi connectivity index (χ0v) is 8.55. The van der Waals surface area contributed by atoms with Crippen molar-refractivity contribution in [2.75, 3.05) is 6.54 Å². The van der Waals surface area contributed by atoms with Crippen molar-refractivity contribution in [3.8, 4) is 0 Å². The highest BCUT2D eigenvalue weighted by Crippen LogP contribution is 2.07. The van der Waals surface area contributed by atoms with Gasteiger partial charge in [0.2, 0.25) is 0 Å². The molecule has 0 aromatic carbocycles. The van der Waals surface area contributed by atoms with Crippen LogP contribution in [0.25, 0.3) is 0 Å². The molecule has 74 valence electrons. The molecule has 0 spiro atoms. The fourth-order valence-corrected chi connectivity index (χ4v) is 1.51. The van der Waals surface area contributed by atoms with E-state index in [0.717, 1.165) is 25.1 Å². The Morgan fingerprint density at radius 3 is 2.85 bits per heavy atom. The predicted molar refractivity (Wildman–Crippen MR) is 54.8 cm³/mol. The van der Waals surface area contributed by atoms with Gasteiger partial charge in [0.15, 0.2) is 0 Å². The first-order chi connectivity index (χ1) is 6.36. The van der Waals surface area contributed by atoms with Crippen molar-refractivity contribution < 1.29 is 4.42 Å². The molecule has 1 atom stereocenters. The molecular formula is C11H19NO. The summed E-state index contributed by atoms with van der Waals surface area (Å²) in [5.41, 5.74) is 0. The fourth-order valence-electron chi connectivity index (χ4n) is 1.51. The second-order valence-corrected chi connectivity index (χ2v) is 3.28. The van der Waals surface area contributed by atoms with Crippen LogP contribution in [0.3, 0.4) is 0 Å². The van der Waals surface area contributed by atoms with E-state index in [9.17, 15) is 0 Å². The van der Waals surface area contributed by atoms with Crippen molar-refractivity contribution in [2.24, 2.45) is 0 Å². The lowest BCUT2D eigenvalue weighted by Crippen LogP contribution is -2.28. The Balaban J connectivity index is 2.23. The second-order valence-electron chi connectivity index (χ2n) is 3.28. The topological polar surface area (TPSA) is 25.2 Å². The average molecular weight is 181 g/mol. The molecule has 0 saturated carbocycles. The molecule has 13 heavy (non-hydrogen) atoms. The van der Waals surface area contributed by atoms with Gasteiger partial charge in [0.05, 0.1) is 6.26 Å². The van der Waals surface area contributed by atoms with Gasteiger partial charge in [-0.25, -0.2) is 0 Å². The van der Waals surface area contributed by atoms with Gasteiger partial charge in [0.1, 0.15) is 5.76 Å². The van der Waals surface area contributed by atoms with Crippen LogP contribution in [0.15, 0.2) is 22.8 Å². The van der Waals surface area contributed by atoms with Crippen LogP contribution in [0.1, 0.15) is 32.4 Å². The van der Waals surface area contributed by atoms with E-state index in [1.807, 2.05) is 12.1 Å². The van der Waals surface area contributed by atoms with Crippen LogP contribution in [-0.4, -0.2) is 12.6 Å². The Hall–Kier alpha value is -0.760. The molecule has 0 aliphatic carbocycles. The lowest BCUT2D eigenvalue weighted by Gasteiger charge is -2.14. The molecule has 1 heterocycles. The lowest BCUT2D eigenvalue weighted by molar-refractivity contribution is 0.442. The largest absolute Gasteiger partial charge is 0.469 e. The van der Waals surface area contributed by atoms with E-state index in [2.05, 4.69) is 19.2 Å². The molecule has 0 radical (unpaired) electrons. The van der Waals surface area contributed by atoms with Gasteiger partial charge in [-0.15, -0.1) is 0 Å². The van der Waals surface area contributed by atoms with E-state index in [0.29, 0.717) is 6.04 Å². The van der Waals surface area contributed by atoms with Gasteiger partial charge in [-0.2, -0.15) is 0 Å². The van der Waals surface area contributed by atoms with Crippen LogP contribution >= 0.6 is 0 Å². The van der Waals surface area contributed by atoms with E-state index in [-0.39, 0.29) is 0 Å². The molecule has 0 amide bonds. The van der Waals surface area contributed by atoms with Crippen molar-refractivity contribution in [2.45, 2.75) is 39.2 Å². The SMILES string of the molecule is CCNC(CC)CCc1ccco1. The average Bonchev–Trinajstić information content (AvgIpc) is 2.64. The molecule has 0 bridgehead atoms. The van der Waals surface area contributed by atoms with Crippen molar-refractivity contribution in [1.29, 1.82) is 0 Å². The molecule has 2 nitrogen and oxygen atoms in total. The van der Waals surface area contributed by atoms with Crippen LogP contribution < -0.4 is 5.32 Å². The van der Waals surface area contributed by atoms with Gasteiger partial charge in [-0.3, -0.25) is 0 Å². The van der Waals surface area contributed by atoms with Crippen LogP contribution in [0, 0.1) is 0 Å². The minimum Gasteiger partial charge on any atom is -0.469 e. The van der Waals surface area contributed by atoms with Crippen LogP contribution in [-0.2, 0) is 6.42 Å². The van der Waals surface area contributed by atoms with E-state index in [1.165, 1.54) is 6.42 Å². The van der Waals surface area contributed by atoms with E-state index in [1.54, 1.807) is 6.26 Å². The number of hydrogen-bond acceptors (Lipinski definition) is 2. The summed E-state index contributed by atoms with van der Waals surface area (Å²) in [4.78, 5) is 0. The summed E-state index contributed by atoms with van der Waals surface area (Å²) in [5.74, 6) is 1.09. The van der Waals surface area contributed by atoms with Gasteiger partial charge in [0.25, 0.3) is 0 Å². The van der Waals surface area contributed by atoms with Crippen molar-refractivity contribution in [3.63, 3.8) is 0 Å². The summed E-state index contributed by atoms with van der Waals surface area (Å²) in [7, 11) is 0. The van der Waals surface area contributed by atoms with Gasteiger partial charge in [-0.05, 0) is 31.5 Å². The molecule has 0 aliphatic rings. The summed E-state index contributed by atoms with van der Waals surface area (Å²) < 4.78 is 5.28. The molecule has 0 saturated heterocycles. The van der Waals surface area contributed by atoms with Gasteiger partial charge >= 0.3 is 0 Å². The highest BCUT2D eigenvalue weighted by Gasteiger charge is 2.05. The van der Waals surface area contributed by atoms with Crippen molar-refractivity contribution in [3.05, 3.63) is 24.2 Å². The summed E-state index contributed by atoms with van der Waals surface area (Å²) in [6, 6.07) is 4.62. The first kappa shape index (κ1) is 10.3. The molecule has 1 aromatic heterocycles. The number of nitrogens with one attached hydrogen (secondary N) is 1. The first-order valence-corrected chi connectivity index (χ1v) is 5.12. The minimum absolute atomic E-state index is 0.634. The molecular weight excluding hydrogens is 162 g/mol. The third kappa shape index (κ3) is 3.64. The quantitative estimate of drug-likeness (QED) is 0.729. The standard InChI is InChI=1S/C11H19NO/c1-3-10(12-4-2)7-8-11-6-5-9-13-11/h5-6,9-10,12H,3-4,7-8H2,1-2H3. The molecule has 1 rings (SSSR count). The summed E-state index contributed by atoms with van der Waals surface area (Å²) in [6.45, 7) is 5.42. The first-order valence-electron chi connectivity index (χ1n) is 5.12. The lowest BCUT2D eigenvalue weighted by atomic mass is 10.1. The number of rotatable bonds is 6. The maximum absolute atomic E-state index is 5.28. The van der Waals surface area contributed by atoms with Gasteiger partial charge in [0, 0.05) is 12.5 Å². The van der Waals surface area contributed by atoms with E-state index < -0.39 is 0 Å². The molecule has 2 heteroatoms. The zero-order chi connectivity index (χ0) is 9.52. The maximum Gasteiger partial charge on any atom is 0.103 e. The molecule has 1 aromatic rings. The fraction of sp³-hybridized carbons (Fsp3) is 0.636. The summed E-state index contributed by atoms with van der Waals surface area (Å²) in [6.07, 6.45) is 5.13. The van der Waals surface area contributed by atoms with Crippen molar-refractivity contribution >= 4 is 0 Å². The molecule has 0 fully saturated rings. The van der Waals surface area contributed by atoms with E-state index >= 15 is 0 Å². The molecule has 1 N–H and O–H groups in total. The smallest absolute Gasteiger partial charge is 0.103 e. The Morgan fingerprint density at radius 1 is 1.46 bits per heavy atom. The van der Waals surface area contributed by atoms with Gasteiger partial charge in [-0.1, -0.05) is 13.8 Å². The van der Waals surface area contributed by atoms with Crippen molar-refractivity contribution in [1.82, 2.24) is 5.32 Å². The Kier molecular flexibility index (Phi) is 4.61. The Bertz CT molecular complexity index is 206. The van der Waals surface area contributed by atoms with Crippen LogP contribution in [0.4, 0.5) is 0 Å². The third-order valence-corrected chi connectivity index (χ3v) is 2.30. The predicted octanol–water partition coefficient (Wildman–Crippen LogP) is 2.60.